The van der Waals surface area contributed by atoms with E-state index in [1.54, 1.807) is 0 Å². The number of amides is 1. The second-order valence-electron chi connectivity index (χ2n) is 6.74. The van der Waals surface area contributed by atoms with Crippen LogP contribution < -0.4 is 5.56 Å². The van der Waals surface area contributed by atoms with Gasteiger partial charge in [-0.25, -0.2) is 4.98 Å². The van der Waals surface area contributed by atoms with E-state index in [-0.39, 0.29) is 23.6 Å². The molecule has 0 radical (unpaired) electrons. The molecule has 130 valence electrons. The lowest BCUT2D eigenvalue weighted by Crippen LogP contribution is -2.38. The van der Waals surface area contributed by atoms with Crippen molar-refractivity contribution in [3.8, 4) is 0 Å². The molecule has 3 aromatic rings. The number of fused-ring (bicyclic) bond motifs is 3. The summed E-state index contributed by atoms with van der Waals surface area (Å²) in [5.41, 5.74) is 1.08. The average molecular weight is 339 g/mol. The monoisotopic (exact) mass is 339 g/mol. The van der Waals surface area contributed by atoms with Crippen LogP contribution in [0.1, 0.15) is 26.2 Å². The maximum Gasteiger partial charge on any atom is 0.297 e. The largest absolute Gasteiger partial charge is 0.448 e. The third-order valence-electron chi connectivity index (χ3n) is 4.68. The Kier molecular flexibility index (Phi) is 4.03. The molecule has 2 heterocycles. The average Bonchev–Trinajstić information content (AvgIpc) is 3.35. The summed E-state index contributed by atoms with van der Waals surface area (Å²) in [4.78, 5) is 31.6. The molecule has 0 bridgehead atoms. The molecule has 0 spiro atoms. The van der Waals surface area contributed by atoms with Gasteiger partial charge < -0.3 is 9.32 Å². The Labute approximate surface area is 145 Å². The Balaban J connectivity index is 1.64. The van der Waals surface area contributed by atoms with Crippen molar-refractivity contribution in [1.29, 1.82) is 0 Å². The first kappa shape index (κ1) is 15.9. The molecule has 6 nitrogen and oxygen atoms in total. The molecule has 4 rings (SSSR count). The molecule has 0 saturated heterocycles. The predicted octanol–water partition coefficient (Wildman–Crippen LogP) is 2.79. The van der Waals surface area contributed by atoms with Gasteiger partial charge in [0.15, 0.2) is 0 Å². The molecule has 0 aliphatic heterocycles. The van der Waals surface area contributed by atoms with E-state index in [0.717, 1.165) is 24.9 Å². The molecule has 0 N–H and O–H groups in total. The van der Waals surface area contributed by atoms with E-state index in [1.165, 1.54) is 23.7 Å². The summed E-state index contributed by atoms with van der Waals surface area (Å²) >= 11 is 0. The lowest BCUT2D eigenvalue weighted by molar-refractivity contribution is -0.132. The molecule has 1 fully saturated rings. The minimum absolute atomic E-state index is 0.00549. The van der Waals surface area contributed by atoms with E-state index in [4.69, 9.17) is 4.42 Å². The zero-order valence-corrected chi connectivity index (χ0v) is 14.3. The van der Waals surface area contributed by atoms with Gasteiger partial charge in [-0.1, -0.05) is 19.1 Å². The van der Waals surface area contributed by atoms with Crippen LogP contribution in [-0.2, 0) is 11.3 Å². The van der Waals surface area contributed by atoms with Gasteiger partial charge >= 0.3 is 0 Å². The second kappa shape index (κ2) is 6.35. The summed E-state index contributed by atoms with van der Waals surface area (Å²) in [5.74, 6) is 0.594. The number of aromatic nitrogens is 2. The number of nitrogens with zero attached hydrogens (tertiary/aromatic N) is 3. The van der Waals surface area contributed by atoms with Gasteiger partial charge in [0.1, 0.15) is 17.6 Å². The first-order valence-corrected chi connectivity index (χ1v) is 8.82. The summed E-state index contributed by atoms with van der Waals surface area (Å²) in [6, 6.07) is 7.42. The van der Waals surface area contributed by atoms with Crippen LogP contribution in [0.15, 0.2) is 39.8 Å². The van der Waals surface area contributed by atoms with Crippen molar-refractivity contribution in [2.45, 2.75) is 32.7 Å². The van der Waals surface area contributed by atoms with Crippen LogP contribution in [0.2, 0.25) is 0 Å². The fraction of sp³-hybridized carbons (Fsp3) is 0.421. The van der Waals surface area contributed by atoms with Crippen molar-refractivity contribution < 1.29 is 9.21 Å². The van der Waals surface area contributed by atoms with Crippen molar-refractivity contribution in [1.82, 2.24) is 14.5 Å². The summed E-state index contributed by atoms with van der Waals surface area (Å²) in [6.45, 7) is 3.58. The number of hydrogen-bond acceptors (Lipinski definition) is 4. The zero-order chi connectivity index (χ0) is 17.4. The number of carbonyl (C=O) groups excluding carboxylic acids is 1. The Morgan fingerprint density at radius 2 is 2.16 bits per heavy atom. The van der Waals surface area contributed by atoms with Crippen LogP contribution in [0.25, 0.3) is 22.1 Å². The second-order valence-corrected chi connectivity index (χ2v) is 6.74. The summed E-state index contributed by atoms with van der Waals surface area (Å²) in [6.07, 6.45) is 4.75. The fourth-order valence-electron chi connectivity index (χ4n) is 3.17. The van der Waals surface area contributed by atoms with Gasteiger partial charge in [-0.3, -0.25) is 14.2 Å². The van der Waals surface area contributed by atoms with E-state index >= 15 is 0 Å². The standard InChI is InChI=1S/C19H21N3O3/c1-2-9-21(10-13-7-8-13)16(23)11-22-12-20-17-14-5-3-4-6-15(14)25-18(17)19(22)24/h3-6,12-13H,2,7-11H2,1H3. The van der Waals surface area contributed by atoms with E-state index in [1.807, 2.05) is 29.2 Å². The Bertz CT molecular complexity index is 984. The van der Waals surface area contributed by atoms with Gasteiger partial charge in [0.2, 0.25) is 11.5 Å². The predicted molar refractivity (Wildman–Crippen MR) is 95.4 cm³/mol. The number of para-hydroxylation sites is 1. The topological polar surface area (TPSA) is 68.3 Å². The third-order valence-corrected chi connectivity index (χ3v) is 4.68. The smallest absolute Gasteiger partial charge is 0.297 e. The van der Waals surface area contributed by atoms with Crippen LogP contribution in [0, 0.1) is 5.92 Å². The van der Waals surface area contributed by atoms with Gasteiger partial charge in [-0.15, -0.1) is 0 Å². The van der Waals surface area contributed by atoms with Crippen LogP contribution >= 0.6 is 0 Å². The maximum absolute atomic E-state index is 12.7. The molecule has 6 heteroatoms. The van der Waals surface area contributed by atoms with Gasteiger partial charge in [-0.05, 0) is 37.3 Å². The molecule has 2 aromatic heterocycles. The van der Waals surface area contributed by atoms with Crippen LogP contribution in [0.3, 0.4) is 0 Å². The quantitative estimate of drug-likeness (QED) is 0.692. The highest BCUT2D eigenvalue weighted by Gasteiger charge is 2.26. The van der Waals surface area contributed by atoms with E-state index in [2.05, 4.69) is 11.9 Å². The molecular formula is C19H21N3O3. The fourth-order valence-corrected chi connectivity index (χ4v) is 3.17. The highest BCUT2D eigenvalue weighted by molar-refractivity contribution is 6.01. The SMILES string of the molecule is CCCN(CC1CC1)C(=O)Cn1cnc2c(oc3ccccc32)c1=O. The number of carbonyl (C=O) groups is 1. The van der Waals surface area contributed by atoms with Gasteiger partial charge in [0.25, 0.3) is 5.56 Å². The van der Waals surface area contributed by atoms with Gasteiger partial charge in [-0.2, -0.15) is 0 Å². The van der Waals surface area contributed by atoms with Crippen LogP contribution in [0.4, 0.5) is 0 Å². The minimum Gasteiger partial charge on any atom is -0.448 e. The zero-order valence-electron chi connectivity index (χ0n) is 14.3. The molecule has 1 amide bonds. The number of furan rings is 1. The molecule has 1 aliphatic rings. The Morgan fingerprint density at radius 3 is 2.92 bits per heavy atom. The van der Waals surface area contributed by atoms with E-state index in [9.17, 15) is 9.59 Å². The van der Waals surface area contributed by atoms with E-state index < -0.39 is 0 Å². The van der Waals surface area contributed by atoms with Gasteiger partial charge in [0.05, 0.1) is 6.33 Å². The van der Waals surface area contributed by atoms with Crippen molar-refractivity contribution >= 4 is 28.0 Å². The number of rotatable bonds is 6. The number of hydrogen-bond donors (Lipinski definition) is 0. The molecule has 1 aliphatic carbocycles. The first-order valence-electron chi connectivity index (χ1n) is 8.82. The Hall–Kier alpha value is -2.63. The molecular weight excluding hydrogens is 318 g/mol. The molecule has 1 saturated carbocycles. The number of benzene rings is 1. The van der Waals surface area contributed by atoms with Crippen molar-refractivity contribution in [2.75, 3.05) is 13.1 Å². The summed E-state index contributed by atoms with van der Waals surface area (Å²) < 4.78 is 7.02. The normalized spacial score (nSPS) is 14.3. The lowest BCUT2D eigenvalue weighted by Gasteiger charge is -2.22. The van der Waals surface area contributed by atoms with Crippen LogP contribution in [-0.4, -0.2) is 33.4 Å². The molecule has 0 unspecified atom stereocenters. The minimum atomic E-state index is -0.308. The first-order chi connectivity index (χ1) is 12.2. The summed E-state index contributed by atoms with van der Waals surface area (Å²) in [7, 11) is 0. The maximum atomic E-state index is 12.7. The molecule has 25 heavy (non-hydrogen) atoms. The summed E-state index contributed by atoms with van der Waals surface area (Å²) in [5, 5.41) is 0.814. The Morgan fingerprint density at radius 1 is 1.36 bits per heavy atom. The highest BCUT2D eigenvalue weighted by atomic mass is 16.3. The van der Waals surface area contributed by atoms with Crippen molar-refractivity contribution in [2.24, 2.45) is 5.92 Å². The molecule has 0 atom stereocenters. The van der Waals surface area contributed by atoms with Crippen molar-refractivity contribution in [3.63, 3.8) is 0 Å². The third kappa shape index (κ3) is 3.04. The van der Waals surface area contributed by atoms with E-state index in [0.29, 0.717) is 17.0 Å². The van der Waals surface area contributed by atoms with Crippen molar-refractivity contribution in [3.05, 3.63) is 40.9 Å². The highest BCUT2D eigenvalue weighted by Crippen LogP contribution is 2.30. The van der Waals surface area contributed by atoms with Crippen LogP contribution in [0.5, 0.6) is 0 Å². The molecule has 1 aromatic carbocycles. The lowest BCUT2D eigenvalue weighted by atomic mass is 10.2. The van der Waals surface area contributed by atoms with Gasteiger partial charge in [0, 0.05) is 18.5 Å².